The summed E-state index contributed by atoms with van der Waals surface area (Å²) in [7, 11) is 0. The van der Waals surface area contributed by atoms with Crippen LogP contribution < -0.4 is 5.32 Å². The van der Waals surface area contributed by atoms with E-state index in [0.29, 0.717) is 15.2 Å². The molecule has 0 heterocycles. The van der Waals surface area contributed by atoms with E-state index in [1.807, 2.05) is 0 Å². The van der Waals surface area contributed by atoms with Crippen LogP contribution in [-0.2, 0) is 4.79 Å². The van der Waals surface area contributed by atoms with Crippen LogP contribution in [0.1, 0.15) is 6.92 Å². The highest BCUT2D eigenvalue weighted by Crippen LogP contribution is 2.35. The van der Waals surface area contributed by atoms with Gasteiger partial charge in [0.25, 0.3) is 0 Å². The number of benzene rings is 1. The number of nitrogens with one attached hydrogen (secondary N) is 1. The first kappa shape index (κ1) is 13.1. The van der Waals surface area contributed by atoms with Gasteiger partial charge in [0.2, 0.25) is 5.91 Å². The molecule has 15 heavy (non-hydrogen) atoms. The molecule has 0 bridgehead atoms. The van der Waals surface area contributed by atoms with Gasteiger partial charge in [0.15, 0.2) is 0 Å². The van der Waals surface area contributed by atoms with E-state index in [1.54, 1.807) is 19.1 Å². The number of amides is 1. The second-order valence-corrected chi connectivity index (χ2v) is 5.09. The lowest BCUT2D eigenvalue weighted by Gasteiger charge is -2.10. The topological polar surface area (TPSA) is 29.1 Å². The Morgan fingerprint density at radius 1 is 1.40 bits per heavy atom. The SMILES string of the molecule is CC(Cl)C(=O)Nc1ccc(Br)c(Cl)c1Cl. The van der Waals surface area contributed by atoms with Crippen molar-refractivity contribution in [2.75, 3.05) is 5.32 Å². The summed E-state index contributed by atoms with van der Waals surface area (Å²) in [6, 6.07) is 3.35. The van der Waals surface area contributed by atoms with Crippen molar-refractivity contribution in [1.29, 1.82) is 0 Å². The minimum atomic E-state index is -0.622. The first-order valence-corrected chi connectivity index (χ1v) is 6.00. The number of hydrogen-bond donors (Lipinski definition) is 1. The lowest BCUT2D eigenvalue weighted by atomic mass is 10.3. The first-order chi connectivity index (χ1) is 6.93. The molecule has 0 saturated heterocycles. The minimum absolute atomic E-state index is 0.289. The smallest absolute Gasteiger partial charge is 0.242 e. The van der Waals surface area contributed by atoms with Crippen molar-refractivity contribution < 1.29 is 4.79 Å². The zero-order valence-electron chi connectivity index (χ0n) is 7.65. The molecular formula is C9H7BrCl3NO. The maximum Gasteiger partial charge on any atom is 0.242 e. The van der Waals surface area contributed by atoms with Crippen molar-refractivity contribution in [3.63, 3.8) is 0 Å². The van der Waals surface area contributed by atoms with Crippen LogP contribution in [0.3, 0.4) is 0 Å². The zero-order valence-corrected chi connectivity index (χ0v) is 11.5. The fraction of sp³-hybridized carbons (Fsp3) is 0.222. The highest BCUT2D eigenvalue weighted by Gasteiger charge is 2.13. The van der Waals surface area contributed by atoms with Gasteiger partial charge in [-0.1, -0.05) is 23.2 Å². The van der Waals surface area contributed by atoms with E-state index >= 15 is 0 Å². The number of carbonyl (C=O) groups excluding carboxylic acids is 1. The fourth-order valence-electron chi connectivity index (χ4n) is 0.855. The maximum atomic E-state index is 11.3. The van der Waals surface area contributed by atoms with Crippen LogP contribution in [0.15, 0.2) is 16.6 Å². The second kappa shape index (κ2) is 5.39. The standard InChI is InChI=1S/C9H7BrCl3NO/c1-4(11)9(15)14-6-3-2-5(10)7(12)8(6)13/h2-4H,1H3,(H,14,15). The number of rotatable bonds is 2. The Labute approximate surface area is 111 Å². The van der Waals surface area contributed by atoms with E-state index < -0.39 is 5.38 Å². The van der Waals surface area contributed by atoms with Crippen LogP contribution in [0.5, 0.6) is 0 Å². The van der Waals surface area contributed by atoms with E-state index in [0.717, 1.165) is 0 Å². The van der Waals surface area contributed by atoms with Gasteiger partial charge in [0.1, 0.15) is 5.38 Å². The third-order valence-electron chi connectivity index (χ3n) is 1.65. The molecule has 82 valence electrons. The lowest BCUT2D eigenvalue weighted by molar-refractivity contribution is -0.115. The predicted octanol–water partition coefficient (Wildman–Crippen LogP) is 4.32. The summed E-state index contributed by atoms with van der Waals surface area (Å²) in [5.41, 5.74) is 0.447. The largest absolute Gasteiger partial charge is 0.323 e. The monoisotopic (exact) mass is 329 g/mol. The Morgan fingerprint density at radius 3 is 2.53 bits per heavy atom. The molecule has 1 aromatic rings. The average molecular weight is 331 g/mol. The molecule has 0 spiro atoms. The van der Waals surface area contributed by atoms with E-state index in [9.17, 15) is 4.79 Å². The van der Waals surface area contributed by atoms with Gasteiger partial charge < -0.3 is 5.32 Å². The van der Waals surface area contributed by atoms with Crippen LogP contribution in [0, 0.1) is 0 Å². The van der Waals surface area contributed by atoms with Gasteiger partial charge in [-0.2, -0.15) is 0 Å². The molecule has 6 heteroatoms. The van der Waals surface area contributed by atoms with Crippen LogP contribution in [0.4, 0.5) is 5.69 Å². The third kappa shape index (κ3) is 3.25. The molecule has 1 rings (SSSR count). The fourth-order valence-corrected chi connectivity index (χ4v) is 1.73. The Bertz CT molecular complexity index is 395. The average Bonchev–Trinajstić information content (AvgIpc) is 2.18. The van der Waals surface area contributed by atoms with E-state index in [4.69, 9.17) is 34.8 Å². The Balaban J connectivity index is 2.97. The number of carbonyl (C=O) groups is 1. The van der Waals surface area contributed by atoms with E-state index in [-0.39, 0.29) is 10.9 Å². The predicted molar refractivity (Wildman–Crippen MR) is 68.1 cm³/mol. The van der Waals surface area contributed by atoms with Crippen molar-refractivity contribution in [3.05, 3.63) is 26.7 Å². The van der Waals surface area contributed by atoms with E-state index in [2.05, 4.69) is 21.2 Å². The molecule has 0 aliphatic heterocycles. The number of halogens is 4. The quantitative estimate of drug-likeness (QED) is 0.634. The normalized spacial score (nSPS) is 12.3. The molecule has 1 atom stereocenters. The Hall–Kier alpha value is 0.0400. The van der Waals surface area contributed by atoms with Crippen LogP contribution in [-0.4, -0.2) is 11.3 Å². The summed E-state index contributed by atoms with van der Waals surface area (Å²) in [4.78, 5) is 11.3. The molecule has 0 aromatic heterocycles. The number of anilines is 1. The molecule has 0 fully saturated rings. The molecule has 1 unspecified atom stereocenters. The first-order valence-electron chi connectivity index (χ1n) is 4.02. The molecule has 0 aliphatic carbocycles. The summed E-state index contributed by atoms with van der Waals surface area (Å²) in [5, 5.41) is 2.59. The van der Waals surface area contributed by atoms with Crippen molar-refractivity contribution in [3.8, 4) is 0 Å². The molecule has 1 aromatic carbocycles. The zero-order chi connectivity index (χ0) is 11.6. The molecule has 1 N–H and O–H groups in total. The Kier molecular flexibility index (Phi) is 4.71. The van der Waals surface area contributed by atoms with Gasteiger partial charge in [0.05, 0.1) is 15.7 Å². The summed E-state index contributed by atoms with van der Waals surface area (Å²) >= 11 is 20.6. The Morgan fingerprint density at radius 2 is 2.00 bits per heavy atom. The molecule has 0 aliphatic rings. The van der Waals surface area contributed by atoms with Gasteiger partial charge in [-0.15, -0.1) is 11.6 Å². The molecule has 1 amide bonds. The van der Waals surface area contributed by atoms with E-state index in [1.165, 1.54) is 0 Å². The molecular weight excluding hydrogens is 324 g/mol. The van der Waals surface area contributed by atoms with Crippen molar-refractivity contribution in [2.45, 2.75) is 12.3 Å². The highest BCUT2D eigenvalue weighted by molar-refractivity contribution is 9.10. The van der Waals surface area contributed by atoms with Crippen LogP contribution in [0.25, 0.3) is 0 Å². The molecule has 2 nitrogen and oxygen atoms in total. The molecule has 0 radical (unpaired) electrons. The summed E-state index contributed by atoms with van der Waals surface area (Å²) in [6.07, 6.45) is 0. The summed E-state index contributed by atoms with van der Waals surface area (Å²) < 4.78 is 0.672. The third-order valence-corrected chi connectivity index (χ3v) is 3.62. The van der Waals surface area contributed by atoms with Crippen molar-refractivity contribution in [2.24, 2.45) is 0 Å². The highest BCUT2D eigenvalue weighted by atomic mass is 79.9. The number of alkyl halides is 1. The van der Waals surface area contributed by atoms with Gasteiger partial charge in [-0.3, -0.25) is 4.79 Å². The maximum absolute atomic E-state index is 11.3. The van der Waals surface area contributed by atoms with Crippen LogP contribution in [0.2, 0.25) is 10.0 Å². The van der Waals surface area contributed by atoms with Gasteiger partial charge in [-0.05, 0) is 35.0 Å². The van der Waals surface area contributed by atoms with Gasteiger partial charge >= 0.3 is 0 Å². The van der Waals surface area contributed by atoms with Crippen molar-refractivity contribution in [1.82, 2.24) is 0 Å². The molecule has 0 saturated carbocycles. The van der Waals surface area contributed by atoms with Gasteiger partial charge in [-0.25, -0.2) is 0 Å². The summed E-state index contributed by atoms with van der Waals surface area (Å²) in [6.45, 7) is 1.57. The van der Waals surface area contributed by atoms with Crippen molar-refractivity contribution >= 4 is 62.3 Å². The van der Waals surface area contributed by atoms with Crippen LogP contribution >= 0.6 is 50.7 Å². The lowest BCUT2D eigenvalue weighted by Crippen LogP contribution is -2.20. The van der Waals surface area contributed by atoms with Gasteiger partial charge in [0, 0.05) is 4.47 Å². The minimum Gasteiger partial charge on any atom is -0.323 e. The number of hydrogen-bond acceptors (Lipinski definition) is 1. The summed E-state index contributed by atoms with van der Waals surface area (Å²) in [5.74, 6) is -0.322. The second-order valence-electron chi connectivity index (χ2n) is 2.83.